The van der Waals surface area contributed by atoms with E-state index in [1.54, 1.807) is 38.4 Å². The molecule has 6 nitrogen and oxygen atoms in total. The summed E-state index contributed by atoms with van der Waals surface area (Å²) >= 11 is 0. The van der Waals surface area contributed by atoms with E-state index in [9.17, 15) is 14.4 Å². The lowest BCUT2D eigenvalue weighted by Gasteiger charge is -2.26. The van der Waals surface area contributed by atoms with Crippen LogP contribution in [0, 0.1) is 5.92 Å². The SMILES string of the molecule is CC(C)[C@H](NC(=O)Cc1ccccc1)C(=O)O[C@H](C(=O)N(C)C)c1ccccc1. The van der Waals surface area contributed by atoms with Crippen LogP contribution in [0.2, 0.25) is 0 Å². The highest BCUT2D eigenvalue weighted by molar-refractivity contribution is 5.89. The molecule has 0 saturated heterocycles. The van der Waals surface area contributed by atoms with Crippen molar-refractivity contribution in [2.45, 2.75) is 32.4 Å². The number of rotatable bonds is 8. The summed E-state index contributed by atoms with van der Waals surface area (Å²) in [5.74, 6) is -1.46. The fraction of sp³-hybridized carbons (Fsp3) is 0.348. The maximum absolute atomic E-state index is 12.9. The van der Waals surface area contributed by atoms with Crippen molar-refractivity contribution < 1.29 is 19.1 Å². The van der Waals surface area contributed by atoms with Crippen molar-refractivity contribution in [3.8, 4) is 0 Å². The predicted molar refractivity (Wildman–Crippen MR) is 111 cm³/mol. The molecule has 29 heavy (non-hydrogen) atoms. The second-order valence-electron chi connectivity index (χ2n) is 7.41. The van der Waals surface area contributed by atoms with Crippen molar-refractivity contribution in [2.24, 2.45) is 5.92 Å². The lowest BCUT2D eigenvalue weighted by Crippen LogP contribution is -2.47. The zero-order valence-electron chi connectivity index (χ0n) is 17.3. The van der Waals surface area contributed by atoms with Gasteiger partial charge >= 0.3 is 5.97 Å². The third-order valence-electron chi connectivity index (χ3n) is 4.45. The Kier molecular flexibility index (Phi) is 7.95. The van der Waals surface area contributed by atoms with Crippen molar-refractivity contribution >= 4 is 17.8 Å². The van der Waals surface area contributed by atoms with E-state index >= 15 is 0 Å². The monoisotopic (exact) mass is 396 g/mol. The van der Waals surface area contributed by atoms with E-state index in [1.165, 1.54) is 4.90 Å². The summed E-state index contributed by atoms with van der Waals surface area (Å²) in [7, 11) is 3.21. The molecule has 0 unspecified atom stereocenters. The normalized spacial score (nSPS) is 12.7. The first kappa shape index (κ1) is 22.1. The minimum Gasteiger partial charge on any atom is -0.446 e. The molecule has 0 heterocycles. The van der Waals surface area contributed by atoms with Crippen molar-refractivity contribution in [3.63, 3.8) is 0 Å². The van der Waals surface area contributed by atoms with Gasteiger partial charge in [0.05, 0.1) is 6.42 Å². The van der Waals surface area contributed by atoms with E-state index in [0.717, 1.165) is 5.56 Å². The number of likely N-dealkylation sites (N-methyl/N-ethyl adjacent to an activating group) is 1. The first-order valence-corrected chi connectivity index (χ1v) is 9.59. The molecule has 0 aliphatic heterocycles. The van der Waals surface area contributed by atoms with E-state index in [2.05, 4.69) is 5.32 Å². The van der Waals surface area contributed by atoms with Crippen LogP contribution in [0.5, 0.6) is 0 Å². The Hall–Kier alpha value is -3.15. The maximum atomic E-state index is 12.9. The van der Waals surface area contributed by atoms with Crippen LogP contribution in [0.25, 0.3) is 0 Å². The second-order valence-corrected chi connectivity index (χ2v) is 7.41. The minimum atomic E-state index is -1.06. The van der Waals surface area contributed by atoms with Gasteiger partial charge in [-0.25, -0.2) is 4.79 Å². The standard InChI is InChI=1S/C23H28N2O4/c1-16(2)20(24-19(26)15-17-11-7-5-8-12-17)23(28)29-21(22(27)25(3)4)18-13-9-6-10-14-18/h5-14,16,20-21H,15H2,1-4H3,(H,24,26)/t20-,21-/m0/s1. The average molecular weight is 396 g/mol. The summed E-state index contributed by atoms with van der Waals surface area (Å²) in [4.78, 5) is 39.3. The van der Waals surface area contributed by atoms with Crippen molar-refractivity contribution in [1.29, 1.82) is 0 Å². The topological polar surface area (TPSA) is 75.7 Å². The molecule has 0 aliphatic rings. The highest BCUT2D eigenvalue weighted by atomic mass is 16.5. The number of benzene rings is 2. The van der Waals surface area contributed by atoms with Gasteiger partial charge in [0.25, 0.3) is 5.91 Å². The van der Waals surface area contributed by atoms with Crippen LogP contribution in [0.4, 0.5) is 0 Å². The summed E-state index contributed by atoms with van der Waals surface area (Å²) in [6.45, 7) is 3.64. The van der Waals surface area contributed by atoms with Crippen LogP contribution < -0.4 is 5.32 Å². The van der Waals surface area contributed by atoms with E-state index in [0.29, 0.717) is 5.56 Å². The zero-order valence-corrected chi connectivity index (χ0v) is 17.3. The number of nitrogens with zero attached hydrogens (tertiary/aromatic N) is 1. The van der Waals surface area contributed by atoms with E-state index < -0.39 is 18.1 Å². The summed E-state index contributed by atoms with van der Waals surface area (Å²) in [5.41, 5.74) is 1.43. The summed E-state index contributed by atoms with van der Waals surface area (Å²) < 4.78 is 5.59. The Morgan fingerprint density at radius 3 is 2.00 bits per heavy atom. The summed E-state index contributed by atoms with van der Waals surface area (Å²) in [5, 5.41) is 2.75. The van der Waals surface area contributed by atoms with Crippen LogP contribution in [0.1, 0.15) is 31.1 Å². The lowest BCUT2D eigenvalue weighted by atomic mass is 10.0. The van der Waals surface area contributed by atoms with Gasteiger partial charge in [-0.3, -0.25) is 9.59 Å². The third kappa shape index (κ3) is 6.45. The molecule has 2 aromatic carbocycles. The molecule has 0 bridgehead atoms. The largest absolute Gasteiger partial charge is 0.446 e. The lowest BCUT2D eigenvalue weighted by molar-refractivity contribution is -0.163. The smallest absolute Gasteiger partial charge is 0.330 e. The molecule has 0 aromatic heterocycles. The van der Waals surface area contributed by atoms with Gasteiger partial charge in [-0.15, -0.1) is 0 Å². The molecule has 6 heteroatoms. The Bertz CT molecular complexity index is 819. The second kappa shape index (κ2) is 10.4. The van der Waals surface area contributed by atoms with Gasteiger partial charge in [0.15, 0.2) is 0 Å². The van der Waals surface area contributed by atoms with Gasteiger partial charge in [0.2, 0.25) is 12.0 Å². The number of carbonyl (C=O) groups is 3. The molecule has 154 valence electrons. The van der Waals surface area contributed by atoms with E-state index in [4.69, 9.17) is 4.74 Å². The van der Waals surface area contributed by atoms with Crippen LogP contribution in [-0.4, -0.2) is 42.8 Å². The fourth-order valence-corrected chi connectivity index (χ4v) is 2.82. The number of carbonyl (C=O) groups excluding carboxylic acids is 3. The zero-order chi connectivity index (χ0) is 21.4. The van der Waals surface area contributed by atoms with Gasteiger partial charge in [0, 0.05) is 19.7 Å². The number of ether oxygens (including phenoxy) is 1. The van der Waals surface area contributed by atoms with Crippen LogP contribution >= 0.6 is 0 Å². The van der Waals surface area contributed by atoms with Crippen molar-refractivity contribution in [2.75, 3.05) is 14.1 Å². The van der Waals surface area contributed by atoms with E-state index in [-0.39, 0.29) is 24.2 Å². The number of hydrogen-bond acceptors (Lipinski definition) is 4. The number of nitrogens with one attached hydrogen (secondary N) is 1. The molecule has 0 spiro atoms. The average Bonchev–Trinajstić information content (AvgIpc) is 2.70. The third-order valence-corrected chi connectivity index (χ3v) is 4.45. The summed E-state index contributed by atoms with van der Waals surface area (Å²) in [6, 6.07) is 17.3. The highest BCUT2D eigenvalue weighted by Crippen LogP contribution is 2.21. The Balaban J connectivity index is 2.13. The molecular formula is C23H28N2O4. The molecule has 2 rings (SSSR count). The minimum absolute atomic E-state index is 0.163. The maximum Gasteiger partial charge on any atom is 0.330 e. The molecule has 0 radical (unpaired) electrons. The molecule has 1 N–H and O–H groups in total. The highest BCUT2D eigenvalue weighted by Gasteiger charge is 2.32. The Morgan fingerprint density at radius 1 is 0.931 bits per heavy atom. The Morgan fingerprint density at radius 2 is 1.48 bits per heavy atom. The molecule has 2 aromatic rings. The Labute approximate surface area is 171 Å². The quantitative estimate of drug-likeness (QED) is 0.696. The van der Waals surface area contributed by atoms with Gasteiger partial charge in [0.1, 0.15) is 6.04 Å². The number of hydrogen-bond donors (Lipinski definition) is 1. The first-order chi connectivity index (χ1) is 13.8. The predicted octanol–water partition coefficient (Wildman–Crippen LogP) is 2.74. The van der Waals surface area contributed by atoms with Crippen molar-refractivity contribution in [3.05, 3.63) is 71.8 Å². The van der Waals surface area contributed by atoms with Gasteiger partial charge in [-0.05, 0) is 11.5 Å². The summed E-state index contributed by atoms with van der Waals surface area (Å²) in [6.07, 6.45) is -0.901. The fourth-order valence-electron chi connectivity index (χ4n) is 2.82. The van der Waals surface area contributed by atoms with Gasteiger partial charge < -0.3 is 15.0 Å². The van der Waals surface area contributed by atoms with Crippen LogP contribution in [0.3, 0.4) is 0 Å². The number of amides is 2. The van der Waals surface area contributed by atoms with E-state index in [1.807, 2.05) is 50.2 Å². The molecule has 0 saturated carbocycles. The number of esters is 1. The van der Waals surface area contributed by atoms with Crippen LogP contribution in [-0.2, 0) is 25.5 Å². The molecule has 0 aliphatic carbocycles. The molecule has 2 amide bonds. The van der Waals surface area contributed by atoms with Gasteiger partial charge in [-0.2, -0.15) is 0 Å². The van der Waals surface area contributed by atoms with Crippen LogP contribution in [0.15, 0.2) is 60.7 Å². The molecule has 0 fully saturated rings. The van der Waals surface area contributed by atoms with Crippen molar-refractivity contribution in [1.82, 2.24) is 10.2 Å². The molecular weight excluding hydrogens is 368 g/mol. The first-order valence-electron chi connectivity index (χ1n) is 9.59. The molecule has 2 atom stereocenters. The van der Waals surface area contributed by atoms with Gasteiger partial charge in [-0.1, -0.05) is 74.5 Å².